The van der Waals surface area contributed by atoms with Crippen molar-refractivity contribution in [3.63, 3.8) is 0 Å². The van der Waals surface area contributed by atoms with E-state index in [0.717, 1.165) is 12.8 Å². The van der Waals surface area contributed by atoms with Crippen LogP contribution in [0.5, 0.6) is 0 Å². The molecule has 0 unspecified atom stereocenters. The summed E-state index contributed by atoms with van der Waals surface area (Å²) in [5.74, 6) is -0.804. The number of carboxylic acids is 1. The van der Waals surface area contributed by atoms with Gasteiger partial charge in [0.1, 0.15) is 0 Å². The number of rotatable bonds is 5. The summed E-state index contributed by atoms with van der Waals surface area (Å²) in [6.07, 6.45) is 4.81. The molecule has 0 heterocycles. The fourth-order valence-corrected chi connectivity index (χ4v) is 0.800. The van der Waals surface area contributed by atoms with Crippen molar-refractivity contribution in [2.75, 3.05) is 0 Å². The quantitative estimate of drug-likeness (QED) is 0.485. The molecule has 0 aromatic rings. The fourth-order valence-electron chi connectivity index (χ4n) is 0.800. The average Bonchev–Trinajstić information content (AvgIpc) is 2.11. The van der Waals surface area contributed by atoms with Gasteiger partial charge in [-0.05, 0) is 19.8 Å². The van der Waals surface area contributed by atoms with E-state index >= 15 is 0 Å². The molecule has 0 fully saturated rings. The zero-order valence-electron chi connectivity index (χ0n) is 9.19. The Balaban J connectivity index is 0. The van der Waals surface area contributed by atoms with E-state index in [1.165, 1.54) is 12.8 Å². The van der Waals surface area contributed by atoms with Crippen LogP contribution in [0.3, 0.4) is 0 Å². The molecule has 15 heavy (non-hydrogen) atoms. The molecule has 0 aromatic carbocycles. The number of aliphatic carboxylic acids is 1. The minimum absolute atomic E-state index is 0.459. The molecule has 88 valence electrons. The standard InChI is InChI=1S/C9H16O2.CH3NO2/c1-3-4-5-6-7-8(2)9(10)11;2-1(3)4/h7H,3-6H2,1-2H3,(H,10,11);2H2,(H,3,4). The topological polar surface area (TPSA) is 101 Å². The van der Waals surface area contributed by atoms with Crippen molar-refractivity contribution in [2.24, 2.45) is 5.73 Å². The largest absolute Gasteiger partial charge is 0.478 e. The van der Waals surface area contributed by atoms with Gasteiger partial charge in [0.05, 0.1) is 0 Å². The number of carbonyl (C=O) groups is 2. The Bertz CT molecular complexity index is 219. The number of amides is 1. The highest BCUT2D eigenvalue weighted by Crippen LogP contribution is 2.02. The maximum absolute atomic E-state index is 10.3. The lowest BCUT2D eigenvalue weighted by Crippen LogP contribution is -2.03. The van der Waals surface area contributed by atoms with Crippen LogP contribution < -0.4 is 5.73 Å². The van der Waals surface area contributed by atoms with E-state index in [1.807, 2.05) is 0 Å². The van der Waals surface area contributed by atoms with E-state index in [4.69, 9.17) is 15.0 Å². The lowest BCUT2D eigenvalue weighted by molar-refractivity contribution is -0.132. The van der Waals surface area contributed by atoms with Gasteiger partial charge in [-0.15, -0.1) is 0 Å². The second-order valence-electron chi connectivity index (χ2n) is 3.03. The van der Waals surface area contributed by atoms with E-state index in [1.54, 1.807) is 13.0 Å². The van der Waals surface area contributed by atoms with Gasteiger partial charge in [-0.25, -0.2) is 9.59 Å². The first kappa shape index (κ1) is 15.9. The van der Waals surface area contributed by atoms with Crippen LogP contribution in [0.2, 0.25) is 0 Å². The SMILES string of the molecule is CCCCCC=C(C)C(=O)O.NC(=O)O. The maximum Gasteiger partial charge on any atom is 0.402 e. The van der Waals surface area contributed by atoms with Crippen LogP contribution in [0.25, 0.3) is 0 Å². The van der Waals surface area contributed by atoms with Crippen LogP contribution in [0.15, 0.2) is 11.6 Å². The molecule has 0 radical (unpaired) electrons. The summed E-state index contributed by atoms with van der Waals surface area (Å²) in [5, 5.41) is 15.7. The zero-order chi connectivity index (χ0) is 12.3. The summed E-state index contributed by atoms with van der Waals surface area (Å²) in [5.41, 5.74) is 4.49. The van der Waals surface area contributed by atoms with Crippen LogP contribution in [0, 0.1) is 0 Å². The fraction of sp³-hybridized carbons (Fsp3) is 0.600. The van der Waals surface area contributed by atoms with E-state index in [-0.39, 0.29) is 0 Å². The van der Waals surface area contributed by atoms with Gasteiger partial charge in [0.15, 0.2) is 0 Å². The molecule has 1 amide bonds. The number of primary amides is 1. The van der Waals surface area contributed by atoms with Gasteiger partial charge >= 0.3 is 12.1 Å². The number of nitrogens with two attached hydrogens (primary N) is 1. The highest BCUT2D eigenvalue weighted by atomic mass is 16.4. The summed E-state index contributed by atoms with van der Waals surface area (Å²) < 4.78 is 0. The van der Waals surface area contributed by atoms with Gasteiger partial charge in [-0.3, -0.25) is 0 Å². The van der Waals surface area contributed by atoms with Crippen LogP contribution >= 0.6 is 0 Å². The second-order valence-corrected chi connectivity index (χ2v) is 3.03. The maximum atomic E-state index is 10.3. The highest BCUT2D eigenvalue weighted by Gasteiger charge is 1.96. The average molecular weight is 217 g/mol. The Morgan fingerprint density at radius 3 is 2.07 bits per heavy atom. The minimum atomic E-state index is -1.33. The number of carboxylic acid groups (broad SMARTS) is 2. The van der Waals surface area contributed by atoms with Crippen molar-refractivity contribution < 1.29 is 19.8 Å². The van der Waals surface area contributed by atoms with Crippen LogP contribution in [0.1, 0.15) is 39.5 Å². The molecule has 0 atom stereocenters. The third-order valence-corrected chi connectivity index (χ3v) is 1.60. The van der Waals surface area contributed by atoms with E-state index in [0.29, 0.717) is 5.57 Å². The van der Waals surface area contributed by atoms with E-state index in [2.05, 4.69) is 12.7 Å². The molecule has 5 nitrogen and oxygen atoms in total. The van der Waals surface area contributed by atoms with E-state index < -0.39 is 12.1 Å². The summed E-state index contributed by atoms with van der Waals surface area (Å²) in [6.45, 7) is 3.77. The zero-order valence-corrected chi connectivity index (χ0v) is 9.19. The van der Waals surface area contributed by atoms with Crippen LogP contribution in [-0.2, 0) is 4.79 Å². The molecular weight excluding hydrogens is 198 g/mol. The molecule has 0 saturated heterocycles. The number of hydrogen-bond acceptors (Lipinski definition) is 2. The van der Waals surface area contributed by atoms with Gasteiger partial charge in [-0.2, -0.15) is 0 Å². The van der Waals surface area contributed by atoms with Crippen molar-refractivity contribution in [3.05, 3.63) is 11.6 Å². The lowest BCUT2D eigenvalue weighted by atomic mass is 10.1. The summed E-state index contributed by atoms with van der Waals surface area (Å²) in [4.78, 5) is 19.1. The molecule has 4 N–H and O–H groups in total. The summed E-state index contributed by atoms with van der Waals surface area (Å²) in [6, 6.07) is 0. The van der Waals surface area contributed by atoms with Gasteiger partial charge in [-0.1, -0.05) is 25.8 Å². The normalized spacial score (nSPS) is 10.1. The van der Waals surface area contributed by atoms with Crippen molar-refractivity contribution >= 4 is 12.1 Å². The van der Waals surface area contributed by atoms with Crippen molar-refractivity contribution in [2.45, 2.75) is 39.5 Å². The Labute approximate surface area is 89.6 Å². The molecule has 0 aliphatic carbocycles. The van der Waals surface area contributed by atoms with Crippen LogP contribution in [-0.4, -0.2) is 22.3 Å². The molecular formula is C10H19NO4. The molecule has 0 aliphatic heterocycles. The lowest BCUT2D eigenvalue weighted by Gasteiger charge is -1.93. The monoisotopic (exact) mass is 217 g/mol. The second kappa shape index (κ2) is 10.6. The van der Waals surface area contributed by atoms with E-state index in [9.17, 15) is 4.79 Å². The predicted molar refractivity (Wildman–Crippen MR) is 57.7 cm³/mol. The molecule has 0 saturated carbocycles. The summed E-state index contributed by atoms with van der Waals surface area (Å²) >= 11 is 0. The Hall–Kier alpha value is -1.52. The molecule has 0 aromatic heterocycles. The van der Waals surface area contributed by atoms with Gasteiger partial charge in [0.2, 0.25) is 0 Å². The van der Waals surface area contributed by atoms with Gasteiger partial charge in [0.25, 0.3) is 0 Å². The number of allylic oxidation sites excluding steroid dienone is 1. The van der Waals surface area contributed by atoms with Gasteiger partial charge in [0, 0.05) is 5.57 Å². The van der Waals surface area contributed by atoms with Crippen molar-refractivity contribution in [1.29, 1.82) is 0 Å². The predicted octanol–water partition coefficient (Wildman–Crippen LogP) is 2.22. The Morgan fingerprint density at radius 1 is 1.27 bits per heavy atom. The molecule has 0 aliphatic rings. The molecule has 0 rings (SSSR count). The smallest absolute Gasteiger partial charge is 0.402 e. The number of hydrogen-bond donors (Lipinski definition) is 3. The Kier molecular flexibility index (Phi) is 11.2. The Morgan fingerprint density at radius 2 is 1.73 bits per heavy atom. The first-order valence-corrected chi connectivity index (χ1v) is 4.80. The minimum Gasteiger partial charge on any atom is -0.478 e. The molecule has 0 bridgehead atoms. The molecule has 0 spiro atoms. The third kappa shape index (κ3) is 19.1. The number of unbranched alkanes of at least 4 members (excludes halogenated alkanes) is 3. The highest BCUT2D eigenvalue weighted by molar-refractivity contribution is 5.85. The van der Waals surface area contributed by atoms with Crippen LogP contribution in [0.4, 0.5) is 4.79 Å². The first-order valence-electron chi connectivity index (χ1n) is 4.80. The van der Waals surface area contributed by atoms with Crippen molar-refractivity contribution in [3.8, 4) is 0 Å². The molecule has 5 heteroatoms. The third-order valence-electron chi connectivity index (χ3n) is 1.60. The first-order chi connectivity index (χ1) is 6.91. The van der Waals surface area contributed by atoms with Crippen molar-refractivity contribution in [1.82, 2.24) is 0 Å². The van der Waals surface area contributed by atoms with Gasteiger partial charge < -0.3 is 15.9 Å². The summed E-state index contributed by atoms with van der Waals surface area (Å²) in [7, 11) is 0.